The van der Waals surface area contributed by atoms with Crippen molar-refractivity contribution in [1.82, 2.24) is 0 Å². The molecule has 0 aliphatic heterocycles. The SMILES string of the molecule is CCOc1cccc(Oc2ccc(C)cc2CCN)c1. The van der Waals surface area contributed by atoms with E-state index in [2.05, 4.69) is 13.0 Å². The maximum atomic E-state index is 5.97. The van der Waals surface area contributed by atoms with Crippen molar-refractivity contribution in [3.8, 4) is 17.2 Å². The van der Waals surface area contributed by atoms with E-state index in [1.165, 1.54) is 5.56 Å². The van der Waals surface area contributed by atoms with Crippen LogP contribution in [0, 0.1) is 6.92 Å². The zero-order chi connectivity index (χ0) is 14.4. The van der Waals surface area contributed by atoms with Crippen LogP contribution in [-0.2, 0) is 6.42 Å². The van der Waals surface area contributed by atoms with Crippen LogP contribution in [-0.4, -0.2) is 13.2 Å². The van der Waals surface area contributed by atoms with Gasteiger partial charge in [0.1, 0.15) is 17.2 Å². The standard InChI is InChI=1S/C17H21NO2/c1-3-19-15-5-4-6-16(12-15)20-17-8-7-13(2)11-14(17)9-10-18/h4-8,11-12H,3,9-10,18H2,1-2H3. The summed E-state index contributed by atoms with van der Waals surface area (Å²) >= 11 is 0. The Morgan fingerprint density at radius 1 is 1.05 bits per heavy atom. The van der Waals surface area contributed by atoms with Crippen LogP contribution in [0.2, 0.25) is 0 Å². The maximum Gasteiger partial charge on any atom is 0.131 e. The molecule has 0 amide bonds. The molecule has 0 bridgehead atoms. The van der Waals surface area contributed by atoms with Crippen molar-refractivity contribution in [2.75, 3.05) is 13.2 Å². The minimum absolute atomic E-state index is 0.610. The van der Waals surface area contributed by atoms with Gasteiger partial charge in [-0.15, -0.1) is 0 Å². The van der Waals surface area contributed by atoms with Gasteiger partial charge in [0.05, 0.1) is 6.61 Å². The van der Waals surface area contributed by atoms with Gasteiger partial charge in [0.15, 0.2) is 0 Å². The minimum Gasteiger partial charge on any atom is -0.494 e. The summed E-state index contributed by atoms with van der Waals surface area (Å²) in [7, 11) is 0. The lowest BCUT2D eigenvalue weighted by molar-refractivity contribution is 0.338. The molecule has 0 fully saturated rings. The number of nitrogens with two attached hydrogens (primary N) is 1. The molecule has 2 aromatic carbocycles. The zero-order valence-electron chi connectivity index (χ0n) is 12.1. The van der Waals surface area contributed by atoms with Crippen molar-refractivity contribution in [3.63, 3.8) is 0 Å². The van der Waals surface area contributed by atoms with Crippen molar-refractivity contribution in [1.29, 1.82) is 0 Å². The monoisotopic (exact) mass is 271 g/mol. The molecule has 2 rings (SSSR count). The van der Waals surface area contributed by atoms with Crippen LogP contribution >= 0.6 is 0 Å². The van der Waals surface area contributed by atoms with E-state index < -0.39 is 0 Å². The smallest absolute Gasteiger partial charge is 0.131 e. The number of benzene rings is 2. The van der Waals surface area contributed by atoms with Gasteiger partial charge in [-0.25, -0.2) is 0 Å². The number of rotatable bonds is 6. The molecule has 0 saturated heterocycles. The van der Waals surface area contributed by atoms with E-state index in [1.54, 1.807) is 0 Å². The van der Waals surface area contributed by atoms with E-state index in [4.69, 9.17) is 15.2 Å². The molecular formula is C17H21NO2. The highest BCUT2D eigenvalue weighted by Gasteiger charge is 2.06. The van der Waals surface area contributed by atoms with Crippen LogP contribution < -0.4 is 15.2 Å². The Morgan fingerprint density at radius 2 is 1.85 bits per heavy atom. The van der Waals surface area contributed by atoms with Gasteiger partial charge in [0.2, 0.25) is 0 Å². The first-order chi connectivity index (χ1) is 9.72. The number of hydrogen-bond acceptors (Lipinski definition) is 3. The molecule has 0 atom stereocenters. The van der Waals surface area contributed by atoms with Gasteiger partial charge >= 0.3 is 0 Å². The van der Waals surface area contributed by atoms with Crippen molar-refractivity contribution in [3.05, 3.63) is 53.6 Å². The molecule has 106 valence electrons. The zero-order valence-corrected chi connectivity index (χ0v) is 12.1. The fraction of sp³-hybridized carbons (Fsp3) is 0.294. The molecule has 0 saturated carbocycles. The van der Waals surface area contributed by atoms with E-state index in [1.807, 2.05) is 43.3 Å². The molecule has 3 nitrogen and oxygen atoms in total. The van der Waals surface area contributed by atoms with E-state index >= 15 is 0 Å². The number of aryl methyl sites for hydroxylation is 1. The van der Waals surface area contributed by atoms with Crippen LogP contribution in [0.5, 0.6) is 17.2 Å². The van der Waals surface area contributed by atoms with Crippen molar-refractivity contribution < 1.29 is 9.47 Å². The second kappa shape index (κ2) is 6.96. The van der Waals surface area contributed by atoms with Crippen molar-refractivity contribution in [2.24, 2.45) is 5.73 Å². The molecule has 3 heteroatoms. The van der Waals surface area contributed by atoms with E-state index in [0.717, 1.165) is 29.2 Å². The Bertz CT molecular complexity index is 567. The molecule has 20 heavy (non-hydrogen) atoms. The Labute approximate surface area is 120 Å². The predicted octanol–water partition coefficient (Wildman–Crippen LogP) is 3.69. The fourth-order valence-electron chi connectivity index (χ4n) is 2.08. The van der Waals surface area contributed by atoms with Crippen LogP contribution in [0.15, 0.2) is 42.5 Å². The average molecular weight is 271 g/mol. The predicted molar refractivity (Wildman–Crippen MR) is 81.6 cm³/mol. The molecule has 2 aromatic rings. The van der Waals surface area contributed by atoms with Crippen molar-refractivity contribution >= 4 is 0 Å². The minimum atomic E-state index is 0.610. The highest BCUT2D eigenvalue weighted by molar-refractivity contribution is 5.42. The van der Waals surface area contributed by atoms with Crippen LogP contribution in [0.1, 0.15) is 18.1 Å². The third-order valence-electron chi connectivity index (χ3n) is 2.97. The highest BCUT2D eigenvalue weighted by atomic mass is 16.5. The largest absolute Gasteiger partial charge is 0.494 e. The second-order valence-corrected chi connectivity index (χ2v) is 4.66. The first-order valence-corrected chi connectivity index (χ1v) is 6.93. The average Bonchev–Trinajstić information content (AvgIpc) is 2.43. The van der Waals surface area contributed by atoms with E-state index in [-0.39, 0.29) is 0 Å². The van der Waals surface area contributed by atoms with Gasteiger partial charge in [-0.3, -0.25) is 0 Å². The van der Waals surface area contributed by atoms with Gasteiger partial charge < -0.3 is 15.2 Å². The molecule has 0 unspecified atom stereocenters. The van der Waals surface area contributed by atoms with Crippen LogP contribution in [0.4, 0.5) is 0 Å². The lowest BCUT2D eigenvalue weighted by Gasteiger charge is -2.12. The van der Waals surface area contributed by atoms with Crippen LogP contribution in [0.3, 0.4) is 0 Å². The summed E-state index contributed by atoms with van der Waals surface area (Å²) in [6.07, 6.45) is 0.808. The number of ether oxygens (including phenoxy) is 2. The topological polar surface area (TPSA) is 44.5 Å². The molecule has 2 N–H and O–H groups in total. The molecule has 0 aliphatic rings. The summed E-state index contributed by atoms with van der Waals surface area (Å²) in [6, 6.07) is 13.8. The van der Waals surface area contributed by atoms with Gasteiger partial charge in [-0.2, -0.15) is 0 Å². The molecule has 0 aromatic heterocycles. The van der Waals surface area contributed by atoms with Crippen molar-refractivity contribution in [2.45, 2.75) is 20.3 Å². The fourth-order valence-corrected chi connectivity index (χ4v) is 2.08. The quantitative estimate of drug-likeness (QED) is 0.871. The summed E-state index contributed by atoms with van der Waals surface area (Å²) in [5.41, 5.74) is 8.01. The summed E-state index contributed by atoms with van der Waals surface area (Å²) in [4.78, 5) is 0. The van der Waals surface area contributed by atoms with E-state index in [9.17, 15) is 0 Å². The molecular weight excluding hydrogens is 250 g/mol. The van der Waals surface area contributed by atoms with Gasteiger partial charge in [-0.05, 0) is 50.6 Å². The Morgan fingerprint density at radius 3 is 2.60 bits per heavy atom. The van der Waals surface area contributed by atoms with Gasteiger partial charge in [-0.1, -0.05) is 23.8 Å². The molecule has 0 heterocycles. The third-order valence-corrected chi connectivity index (χ3v) is 2.97. The normalized spacial score (nSPS) is 10.3. The summed E-state index contributed by atoms with van der Waals surface area (Å²) in [5, 5.41) is 0. The summed E-state index contributed by atoms with van der Waals surface area (Å²) in [5.74, 6) is 2.45. The molecule has 0 spiro atoms. The summed E-state index contributed by atoms with van der Waals surface area (Å²) in [6.45, 7) is 5.29. The lowest BCUT2D eigenvalue weighted by atomic mass is 10.1. The maximum absolute atomic E-state index is 5.97. The summed E-state index contributed by atoms with van der Waals surface area (Å²) < 4.78 is 11.4. The highest BCUT2D eigenvalue weighted by Crippen LogP contribution is 2.28. The number of hydrogen-bond donors (Lipinski definition) is 1. The van der Waals surface area contributed by atoms with Gasteiger partial charge in [0, 0.05) is 6.07 Å². The van der Waals surface area contributed by atoms with E-state index in [0.29, 0.717) is 13.2 Å². The van der Waals surface area contributed by atoms with Crippen LogP contribution in [0.25, 0.3) is 0 Å². The molecule has 0 aliphatic carbocycles. The lowest BCUT2D eigenvalue weighted by Crippen LogP contribution is -2.04. The third kappa shape index (κ3) is 3.75. The first kappa shape index (κ1) is 14.4. The van der Waals surface area contributed by atoms with Gasteiger partial charge in [0.25, 0.3) is 0 Å². The molecule has 0 radical (unpaired) electrons. The first-order valence-electron chi connectivity index (χ1n) is 6.93. The Balaban J connectivity index is 2.22. The second-order valence-electron chi connectivity index (χ2n) is 4.66. The Hall–Kier alpha value is -2.00. The Kier molecular flexibility index (Phi) is 5.02.